The average molecular weight is 348 g/mol. The first kappa shape index (κ1) is 19.2. The number of carbonyl (C=O) groups is 2. The van der Waals surface area contributed by atoms with Crippen LogP contribution < -0.4 is 5.43 Å². The molecule has 6 nitrogen and oxygen atoms in total. The number of carboxylic acid groups (broad SMARTS) is 1. The van der Waals surface area contributed by atoms with Crippen molar-refractivity contribution < 1.29 is 19.4 Å². The zero-order valence-corrected chi connectivity index (χ0v) is 15.2. The van der Waals surface area contributed by atoms with Crippen molar-refractivity contribution in [2.75, 3.05) is 0 Å². The molecule has 0 spiro atoms. The molecule has 0 radical (unpaired) electrons. The van der Waals surface area contributed by atoms with Crippen molar-refractivity contribution in [2.24, 2.45) is 5.92 Å². The zero-order chi connectivity index (χ0) is 18.4. The van der Waals surface area contributed by atoms with Crippen LogP contribution >= 0.6 is 0 Å². The van der Waals surface area contributed by atoms with Crippen LogP contribution in [0.1, 0.15) is 52.0 Å². The van der Waals surface area contributed by atoms with E-state index in [0.717, 1.165) is 18.4 Å². The molecule has 138 valence electrons. The van der Waals surface area contributed by atoms with E-state index in [1.807, 2.05) is 56.1 Å². The second-order valence-electron chi connectivity index (χ2n) is 7.57. The Morgan fingerprint density at radius 2 is 1.76 bits per heavy atom. The summed E-state index contributed by atoms with van der Waals surface area (Å²) >= 11 is 0. The SMILES string of the molecule is CC(C)(C)OC(=O)NN(Cc1ccccc1)[C@H]1CC[C@H](C(=O)O)CC1. The minimum Gasteiger partial charge on any atom is -0.481 e. The first-order valence-electron chi connectivity index (χ1n) is 8.77. The molecular formula is C19H28N2O4. The summed E-state index contributed by atoms with van der Waals surface area (Å²) in [5.74, 6) is -1.01. The normalized spacial score (nSPS) is 21.0. The number of nitrogens with zero attached hydrogens (tertiary/aromatic N) is 1. The van der Waals surface area contributed by atoms with Crippen molar-refractivity contribution in [3.05, 3.63) is 35.9 Å². The van der Waals surface area contributed by atoms with Crippen LogP contribution in [0.4, 0.5) is 4.79 Å². The summed E-state index contributed by atoms with van der Waals surface area (Å²) in [6, 6.07) is 9.99. The third-order valence-corrected chi connectivity index (χ3v) is 4.32. The van der Waals surface area contributed by atoms with Crippen molar-refractivity contribution in [3.63, 3.8) is 0 Å². The first-order valence-corrected chi connectivity index (χ1v) is 8.77. The van der Waals surface area contributed by atoms with Crippen LogP contribution in [0.3, 0.4) is 0 Å². The third kappa shape index (κ3) is 6.38. The summed E-state index contributed by atoms with van der Waals surface area (Å²) < 4.78 is 5.37. The highest BCUT2D eigenvalue weighted by atomic mass is 16.6. The van der Waals surface area contributed by atoms with Crippen LogP contribution in [0, 0.1) is 5.92 Å². The molecule has 1 fully saturated rings. The summed E-state index contributed by atoms with van der Waals surface area (Å²) in [6.45, 7) is 6.03. The molecule has 0 aliphatic heterocycles. The molecule has 1 amide bonds. The van der Waals surface area contributed by atoms with Gasteiger partial charge in [-0.15, -0.1) is 0 Å². The van der Waals surface area contributed by atoms with Crippen LogP contribution in [0.15, 0.2) is 30.3 Å². The predicted molar refractivity (Wildman–Crippen MR) is 94.7 cm³/mol. The standard InChI is InChI=1S/C19H28N2O4/c1-19(2,3)25-18(24)20-21(13-14-7-5-4-6-8-14)16-11-9-15(10-12-16)17(22)23/h4-8,15-16H,9-13H2,1-3H3,(H,20,24)(H,22,23)/t15-,16-. The van der Waals surface area contributed by atoms with Crippen molar-refractivity contribution in [2.45, 2.75) is 64.6 Å². The van der Waals surface area contributed by atoms with Gasteiger partial charge in [-0.2, -0.15) is 0 Å². The molecular weight excluding hydrogens is 320 g/mol. The number of ether oxygens (including phenoxy) is 1. The largest absolute Gasteiger partial charge is 0.481 e. The Labute approximate surface area is 149 Å². The Bertz CT molecular complexity index is 575. The maximum absolute atomic E-state index is 12.2. The fourth-order valence-corrected chi connectivity index (χ4v) is 3.09. The van der Waals surface area contributed by atoms with E-state index in [2.05, 4.69) is 5.43 Å². The molecule has 0 aromatic heterocycles. The van der Waals surface area contributed by atoms with Gasteiger partial charge in [-0.3, -0.25) is 10.2 Å². The molecule has 25 heavy (non-hydrogen) atoms. The molecule has 1 aromatic rings. The number of nitrogens with one attached hydrogen (secondary N) is 1. The lowest BCUT2D eigenvalue weighted by molar-refractivity contribution is -0.143. The Morgan fingerprint density at radius 3 is 2.28 bits per heavy atom. The third-order valence-electron chi connectivity index (χ3n) is 4.32. The lowest BCUT2D eigenvalue weighted by Gasteiger charge is -2.36. The van der Waals surface area contributed by atoms with Crippen molar-refractivity contribution in [1.82, 2.24) is 10.4 Å². The van der Waals surface area contributed by atoms with Crippen LogP contribution in [-0.4, -0.2) is 33.8 Å². The summed E-state index contributed by atoms with van der Waals surface area (Å²) in [7, 11) is 0. The van der Waals surface area contributed by atoms with Crippen LogP contribution in [0.5, 0.6) is 0 Å². The van der Waals surface area contributed by atoms with E-state index in [-0.39, 0.29) is 12.0 Å². The van der Waals surface area contributed by atoms with Gasteiger partial charge in [0.25, 0.3) is 0 Å². The molecule has 1 aromatic carbocycles. The molecule has 0 saturated heterocycles. The molecule has 1 aliphatic carbocycles. The summed E-state index contributed by atoms with van der Waals surface area (Å²) in [6.07, 6.45) is 2.24. The number of hydrogen-bond donors (Lipinski definition) is 2. The second kappa shape index (κ2) is 8.34. The van der Waals surface area contributed by atoms with Crippen LogP contribution in [-0.2, 0) is 16.1 Å². The summed E-state index contributed by atoms with van der Waals surface area (Å²) in [5, 5.41) is 11.1. The van der Waals surface area contributed by atoms with E-state index in [9.17, 15) is 9.59 Å². The van der Waals surface area contributed by atoms with E-state index in [1.165, 1.54) is 0 Å². The van der Waals surface area contributed by atoms with Gasteiger partial charge in [0, 0.05) is 12.6 Å². The van der Waals surface area contributed by atoms with Gasteiger partial charge in [-0.25, -0.2) is 9.80 Å². The molecule has 1 saturated carbocycles. The lowest BCUT2D eigenvalue weighted by atomic mass is 9.86. The minimum atomic E-state index is -0.729. The highest BCUT2D eigenvalue weighted by Gasteiger charge is 2.31. The lowest BCUT2D eigenvalue weighted by Crippen LogP contribution is -2.50. The van der Waals surface area contributed by atoms with Crippen molar-refractivity contribution in [3.8, 4) is 0 Å². The van der Waals surface area contributed by atoms with E-state index in [0.29, 0.717) is 19.4 Å². The van der Waals surface area contributed by atoms with Gasteiger partial charge >= 0.3 is 12.1 Å². The molecule has 6 heteroatoms. The first-order chi connectivity index (χ1) is 11.7. The van der Waals surface area contributed by atoms with Crippen molar-refractivity contribution in [1.29, 1.82) is 0 Å². The molecule has 0 heterocycles. The Morgan fingerprint density at radius 1 is 1.16 bits per heavy atom. The van der Waals surface area contributed by atoms with Crippen LogP contribution in [0.25, 0.3) is 0 Å². The Balaban J connectivity index is 2.04. The number of aliphatic carboxylic acids is 1. The van der Waals surface area contributed by atoms with E-state index < -0.39 is 17.7 Å². The number of carboxylic acids is 1. The average Bonchev–Trinajstić information content (AvgIpc) is 2.53. The summed E-state index contributed by atoms with van der Waals surface area (Å²) in [5.41, 5.74) is 3.38. The van der Waals surface area contributed by atoms with Crippen molar-refractivity contribution >= 4 is 12.1 Å². The topological polar surface area (TPSA) is 78.9 Å². The quantitative estimate of drug-likeness (QED) is 0.795. The summed E-state index contributed by atoms with van der Waals surface area (Å²) in [4.78, 5) is 23.4. The maximum atomic E-state index is 12.2. The molecule has 0 unspecified atom stereocenters. The molecule has 0 atom stereocenters. The van der Waals surface area contributed by atoms with Gasteiger partial charge < -0.3 is 9.84 Å². The fraction of sp³-hybridized carbons (Fsp3) is 0.579. The Hall–Kier alpha value is -2.08. The van der Waals surface area contributed by atoms with Crippen LogP contribution in [0.2, 0.25) is 0 Å². The van der Waals surface area contributed by atoms with Gasteiger partial charge in [0.1, 0.15) is 5.60 Å². The molecule has 1 aliphatic rings. The second-order valence-corrected chi connectivity index (χ2v) is 7.57. The zero-order valence-electron chi connectivity index (χ0n) is 15.2. The number of rotatable bonds is 5. The number of benzene rings is 1. The minimum absolute atomic E-state index is 0.100. The smallest absolute Gasteiger partial charge is 0.422 e. The molecule has 2 N–H and O–H groups in total. The Kier molecular flexibility index (Phi) is 6.42. The van der Waals surface area contributed by atoms with E-state index in [4.69, 9.17) is 9.84 Å². The number of amides is 1. The van der Waals surface area contributed by atoms with Gasteiger partial charge in [0.05, 0.1) is 5.92 Å². The highest BCUT2D eigenvalue weighted by molar-refractivity contribution is 5.70. The van der Waals surface area contributed by atoms with Gasteiger partial charge in [-0.1, -0.05) is 30.3 Å². The van der Waals surface area contributed by atoms with Gasteiger partial charge in [-0.05, 0) is 52.0 Å². The number of carbonyl (C=O) groups excluding carboxylic acids is 1. The van der Waals surface area contributed by atoms with Gasteiger partial charge in [0.2, 0.25) is 0 Å². The highest BCUT2D eigenvalue weighted by Crippen LogP contribution is 2.28. The number of hydrogen-bond acceptors (Lipinski definition) is 4. The molecule has 0 bridgehead atoms. The monoisotopic (exact) mass is 348 g/mol. The van der Waals surface area contributed by atoms with Gasteiger partial charge in [0.15, 0.2) is 0 Å². The maximum Gasteiger partial charge on any atom is 0.422 e. The van der Waals surface area contributed by atoms with E-state index >= 15 is 0 Å². The van der Waals surface area contributed by atoms with E-state index in [1.54, 1.807) is 0 Å². The molecule has 2 rings (SSSR count). The number of hydrazine groups is 1. The predicted octanol–water partition coefficient (Wildman–Crippen LogP) is 3.57. The fourth-order valence-electron chi connectivity index (χ4n) is 3.09.